The molecular weight excluding hydrogens is 357 g/mol. The van der Waals surface area contributed by atoms with E-state index in [1.807, 2.05) is 54.6 Å². The zero-order valence-electron chi connectivity index (χ0n) is 14.1. The van der Waals surface area contributed by atoms with Crippen LogP contribution in [0.4, 0.5) is 10.8 Å². The summed E-state index contributed by atoms with van der Waals surface area (Å²) in [7, 11) is -3.57. The van der Waals surface area contributed by atoms with Gasteiger partial charge < -0.3 is 0 Å². The Morgan fingerprint density at radius 1 is 1.04 bits per heavy atom. The molecule has 0 aliphatic heterocycles. The number of nitrogens with zero attached hydrogens (tertiary/aromatic N) is 2. The fraction of sp³-hybridized carbons (Fsp3) is 0.235. The highest BCUT2D eigenvalue weighted by Gasteiger charge is 2.34. The van der Waals surface area contributed by atoms with E-state index in [9.17, 15) is 4.57 Å². The number of para-hydroxylation sites is 2. The minimum absolute atomic E-state index is 0.266. The molecule has 0 aliphatic carbocycles. The molecule has 1 heterocycles. The van der Waals surface area contributed by atoms with Crippen molar-refractivity contribution in [3.63, 3.8) is 0 Å². The van der Waals surface area contributed by atoms with E-state index < -0.39 is 7.75 Å². The van der Waals surface area contributed by atoms with Crippen LogP contribution in [0, 0.1) is 0 Å². The first kappa shape index (κ1) is 17.9. The van der Waals surface area contributed by atoms with Gasteiger partial charge in [0.05, 0.1) is 29.1 Å². The van der Waals surface area contributed by atoms with Crippen molar-refractivity contribution in [3.8, 4) is 0 Å². The molecule has 25 heavy (non-hydrogen) atoms. The van der Waals surface area contributed by atoms with Crippen LogP contribution in [0.5, 0.6) is 0 Å². The summed E-state index contributed by atoms with van der Waals surface area (Å²) in [6, 6.07) is 17.1. The quantitative estimate of drug-likeness (QED) is 0.424. The van der Waals surface area contributed by atoms with Crippen molar-refractivity contribution in [3.05, 3.63) is 54.6 Å². The number of hydrazine groups is 1. The van der Waals surface area contributed by atoms with Crippen LogP contribution in [0.15, 0.2) is 54.6 Å². The van der Waals surface area contributed by atoms with E-state index in [1.54, 1.807) is 13.8 Å². The van der Waals surface area contributed by atoms with Gasteiger partial charge >= 0.3 is 7.75 Å². The molecule has 6 nitrogen and oxygen atoms in total. The van der Waals surface area contributed by atoms with Crippen molar-refractivity contribution in [2.45, 2.75) is 13.8 Å². The number of nitrogens with one attached hydrogen (secondary N) is 1. The maximum Gasteiger partial charge on any atom is 0.453 e. The highest BCUT2D eigenvalue weighted by molar-refractivity contribution is 7.55. The van der Waals surface area contributed by atoms with E-state index in [4.69, 9.17) is 9.05 Å². The average molecular weight is 377 g/mol. The smallest absolute Gasteiger partial charge is 0.291 e. The van der Waals surface area contributed by atoms with Crippen LogP contribution in [0.2, 0.25) is 0 Å². The molecule has 0 radical (unpaired) electrons. The number of aromatic nitrogens is 1. The molecule has 2 aromatic carbocycles. The number of rotatable bonds is 8. The van der Waals surface area contributed by atoms with E-state index in [0.717, 1.165) is 10.2 Å². The fourth-order valence-electron chi connectivity index (χ4n) is 2.33. The predicted octanol–water partition coefficient (Wildman–Crippen LogP) is 5.31. The van der Waals surface area contributed by atoms with Crippen LogP contribution < -0.4 is 10.2 Å². The Balaban J connectivity index is 1.99. The van der Waals surface area contributed by atoms with Gasteiger partial charge in [0.15, 0.2) is 0 Å². The molecule has 0 amide bonds. The van der Waals surface area contributed by atoms with E-state index in [2.05, 4.69) is 10.4 Å². The topological polar surface area (TPSA) is 63.7 Å². The van der Waals surface area contributed by atoms with Crippen LogP contribution in [0.3, 0.4) is 0 Å². The Hall–Kier alpha value is -1.92. The molecule has 0 fully saturated rings. The van der Waals surface area contributed by atoms with Gasteiger partial charge in [-0.15, -0.1) is 0 Å². The van der Waals surface area contributed by atoms with Crippen molar-refractivity contribution in [1.82, 2.24) is 4.98 Å². The molecule has 132 valence electrons. The summed E-state index contributed by atoms with van der Waals surface area (Å²) in [5.41, 5.74) is 4.68. The third-order valence-corrected chi connectivity index (χ3v) is 6.26. The Bertz CT molecular complexity index is 829. The van der Waals surface area contributed by atoms with Gasteiger partial charge in [0.25, 0.3) is 0 Å². The molecule has 1 N–H and O–H groups in total. The van der Waals surface area contributed by atoms with Crippen molar-refractivity contribution in [2.75, 3.05) is 23.4 Å². The lowest BCUT2D eigenvalue weighted by molar-refractivity contribution is 0.219. The predicted molar refractivity (Wildman–Crippen MR) is 103 cm³/mol. The lowest BCUT2D eigenvalue weighted by Crippen LogP contribution is -2.29. The molecular formula is C17H20N3O3PS. The van der Waals surface area contributed by atoms with Crippen LogP contribution in [-0.4, -0.2) is 18.2 Å². The normalized spacial score (nSPS) is 11.6. The van der Waals surface area contributed by atoms with Crippen molar-refractivity contribution < 1.29 is 13.6 Å². The summed E-state index contributed by atoms with van der Waals surface area (Å²) in [4.78, 5) is 4.55. The third kappa shape index (κ3) is 4.02. The standard InChI is InChI=1S/C17H20N3O3PS/c1-3-22-24(21,23-4-2)20(14-10-6-5-7-11-14)19-17-18-15-12-8-9-13-16(15)25-17/h5-13H,3-4H2,1-2H3,(H,18,19). The van der Waals surface area contributed by atoms with Crippen LogP contribution in [-0.2, 0) is 13.6 Å². The van der Waals surface area contributed by atoms with E-state index in [1.165, 1.54) is 16.1 Å². The van der Waals surface area contributed by atoms with Gasteiger partial charge in [0.1, 0.15) is 0 Å². The molecule has 0 spiro atoms. The summed E-state index contributed by atoms with van der Waals surface area (Å²) in [5.74, 6) is 0. The van der Waals surface area contributed by atoms with Gasteiger partial charge in [0.2, 0.25) is 5.13 Å². The number of fused-ring (bicyclic) bond motifs is 1. The van der Waals surface area contributed by atoms with Gasteiger partial charge in [-0.1, -0.05) is 41.7 Å². The lowest BCUT2D eigenvalue weighted by Gasteiger charge is -2.31. The van der Waals surface area contributed by atoms with E-state index in [0.29, 0.717) is 10.8 Å². The van der Waals surface area contributed by atoms with E-state index >= 15 is 0 Å². The molecule has 0 unspecified atom stereocenters. The zero-order valence-corrected chi connectivity index (χ0v) is 15.8. The summed E-state index contributed by atoms with van der Waals surface area (Å²) in [5, 5.41) is 0.615. The molecule has 3 rings (SSSR count). The van der Waals surface area contributed by atoms with E-state index in [-0.39, 0.29) is 13.2 Å². The van der Waals surface area contributed by atoms with Gasteiger partial charge in [0, 0.05) is 0 Å². The minimum atomic E-state index is -3.57. The molecule has 0 aliphatic rings. The maximum absolute atomic E-state index is 13.3. The van der Waals surface area contributed by atoms with Gasteiger partial charge in [-0.25, -0.2) is 9.55 Å². The Kier molecular flexibility index (Phi) is 5.71. The number of anilines is 2. The first-order chi connectivity index (χ1) is 12.2. The molecule has 0 saturated heterocycles. The summed E-state index contributed by atoms with van der Waals surface area (Å²) in [6.45, 7) is 4.10. The Morgan fingerprint density at radius 3 is 2.32 bits per heavy atom. The number of benzene rings is 2. The van der Waals surface area contributed by atoms with Gasteiger partial charge in [-0.05, 0) is 38.1 Å². The Morgan fingerprint density at radius 2 is 1.68 bits per heavy atom. The van der Waals surface area contributed by atoms with Gasteiger partial charge in [-0.2, -0.15) is 4.78 Å². The molecule has 1 aromatic heterocycles. The van der Waals surface area contributed by atoms with Crippen LogP contribution in [0.1, 0.15) is 13.8 Å². The highest BCUT2D eigenvalue weighted by atomic mass is 32.1. The third-order valence-electron chi connectivity index (χ3n) is 3.33. The summed E-state index contributed by atoms with van der Waals surface area (Å²) < 4.78 is 26.8. The lowest BCUT2D eigenvalue weighted by atomic mass is 10.3. The average Bonchev–Trinajstić information content (AvgIpc) is 3.03. The minimum Gasteiger partial charge on any atom is -0.291 e. The number of hydrogen-bond acceptors (Lipinski definition) is 6. The maximum atomic E-state index is 13.3. The van der Waals surface area contributed by atoms with Crippen molar-refractivity contribution in [2.24, 2.45) is 0 Å². The van der Waals surface area contributed by atoms with Gasteiger partial charge in [-0.3, -0.25) is 14.5 Å². The highest BCUT2D eigenvalue weighted by Crippen LogP contribution is 2.54. The van der Waals surface area contributed by atoms with Crippen LogP contribution >= 0.6 is 19.1 Å². The van der Waals surface area contributed by atoms with Crippen molar-refractivity contribution >= 4 is 40.1 Å². The SMILES string of the molecule is CCOP(=O)(OCC)N(Nc1nc2ccccc2s1)c1ccccc1. The monoisotopic (exact) mass is 377 g/mol. The number of thiazole rings is 1. The van der Waals surface area contributed by atoms with Crippen molar-refractivity contribution in [1.29, 1.82) is 0 Å². The first-order valence-electron chi connectivity index (χ1n) is 8.03. The summed E-state index contributed by atoms with van der Waals surface area (Å²) >= 11 is 1.48. The second kappa shape index (κ2) is 7.97. The second-order valence-corrected chi connectivity index (χ2v) is 7.93. The largest absolute Gasteiger partial charge is 0.453 e. The molecule has 0 saturated carbocycles. The fourth-order valence-corrected chi connectivity index (χ4v) is 4.84. The molecule has 3 aromatic rings. The zero-order chi connectivity index (χ0) is 17.7. The summed E-state index contributed by atoms with van der Waals surface area (Å²) in [6.07, 6.45) is 0. The first-order valence-corrected chi connectivity index (χ1v) is 10.3. The Labute approximate surface area is 151 Å². The number of hydrogen-bond donors (Lipinski definition) is 1. The molecule has 0 bridgehead atoms. The molecule has 8 heteroatoms. The van der Waals surface area contributed by atoms with Crippen LogP contribution in [0.25, 0.3) is 10.2 Å². The molecule has 0 atom stereocenters. The second-order valence-electron chi connectivity index (χ2n) is 5.05.